The number of carbonyl (C=O) groups excluding carboxylic acids is 1. The molecule has 0 unspecified atom stereocenters. The molecule has 0 radical (unpaired) electrons. The van der Waals surface area contributed by atoms with E-state index in [2.05, 4.69) is 14.9 Å². The van der Waals surface area contributed by atoms with Crippen molar-refractivity contribution < 1.29 is 32.6 Å². The third kappa shape index (κ3) is 5.45. The molecule has 3 aliphatic rings. The summed E-state index contributed by atoms with van der Waals surface area (Å²) in [5.74, 6) is -1.43. The average Bonchev–Trinajstić information content (AvgIpc) is 3.42. The van der Waals surface area contributed by atoms with Crippen molar-refractivity contribution in [3.63, 3.8) is 0 Å². The zero-order valence-electron chi connectivity index (χ0n) is 16.6. The second-order valence-electron chi connectivity index (χ2n) is 7.85. The van der Waals surface area contributed by atoms with Crippen LogP contribution >= 0.6 is 0 Å². The number of fused-ring (bicyclic) bond motifs is 1. The molecule has 2 saturated heterocycles. The van der Waals surface area contributed by atoms with E-state index in [-0.39, 0.29) is 18.1 Å². The summed E-state index contributed by atoms with van der Waals surface area (Å²) in [6.07, 6.45) is 1.89. The van der Waals surface area contributed by atoms with Gasteiger partial charge in [0.1, 0.15) is 12.0 Å². The molecule has 3 atom stereocenters. The van der Waals surface area contributed by atoms with E-state index in [1.165, 1.54) is 25.7 Å². The van der Waals surface area contributed by atoms with Crippen LogP contribution in [0.3, 0.4) is 0 Å². The molecule has 11 heteroatoms. The van der Waals surface area contributed by atoms with Crippen LogP contribution in [0.5, 0.6) is 0 Å². The minimum Gasteiger partial charge on any atom is -0.475 e. The number of carboxylic acids is 1. The molecule has 166 valence electrons. The number of likely N-dealkylation sites (tertiary alicyclic amines) is 2. The van der Waals surface area contributed by atoms with Gasteiger partial charge in [0.25, 0.3) is 5.91 Å². The number of piperidine rings is 1. The standard InChI is InChI=1S/C17H24N4O2.C2HF3O2/c1-23-16-5-7-21(17(22)14-4-6-18-11-19-14)15-10-20(9-13(15)16)8-12-2-3-12;3-2(4,5)1(6)7/h4,6,11-13,15-16H,2-3,5,7-10H2,1H3;(H,6,7)/t13-,15+,16-;/m0./s1. The predicted molar refractivity (Wildman–Crippen MR) is 98.6 cm³/mol. The van der Waals surface area contributed by atoms with Crippen LogP contribution in [-0.2, 0) is 9.53 Å². The van der Waals surface area contributed by atoms with Gasteiger partial charge in [-0.1, -0.05) is 0 Å². The monoisotopic (exact) mass is 430 g/mol. The molecule has 3 fully saturated rings. The van der Waals surface area contributed by atoms with Gasteiger partial charge in [0.15, 0.2) is 0 Å². The second-order valence-corrected chi connectivity index (χ2v) is 7.85. The van der Waals surface area contributed by atoms with Crippen molar-refractivity contribution in [2.24, 2.45) is 11.8 Å². The van der Waals surface area contributed by atoms with E-state index in [9.17, 15) is 18.0 Å². The molecule has 0 bridgehead atoms. The van der Waals surface area contributed by atoms with Gasteiger partial charge in [-0.15, -0.1) is 0 Å². The molecule has 0 aromatic carbocycles. The molecule has 1 aliphatic carbocycles. The van der Waals surface area contributed by atoms with Gasteiger partial charge in [0.05, 0.1) is 12.1 Å². The van der Waals surface area contributed by atoms with Crippen LogP contribution < -0.4 is 0 Å². The highest BCUT2D eigenvalue weighted by molar-refractivity contribution is 5.92. The summed E-state index contributed by atoms with van der Waals surface area (Å²) >= 11 is 0. The van der Waals surface area contributed by atoms with Crippen LogP contribution in [0.25, 0.3) is 0 Å². The molecular weight excluding hydrogens is 405 g/mol. The van der Waals surface area contributed by atoms with Gasteiger partial charge < -0.3 is 19.6 Å². The molecule has 2 aliphatic heterocycles. The summed E-state index contributed by atoms with van der Waals surface area (Å²) in [7, 11) is 1.80. The van der Waals surface area contributed by atoms with Crippen LogP contribution in [0, 0.1) is 11.8 Å². The van der Waals surface area contributed by atoms with Crippen molar-refractivity contribution in [1.29, 1.82) is 0 Å². The number of methoxy groups -OCH3 is 1. The number of hydrogen-bond donors (Lipinski definition) is 1. The summed E-state index contributed by atoms with van der Waals surface area (Å²) in [6, 6.07) is 1.95. The molecule has 1 saturated carbocycles. The van der Waals surface area contributed by atoms with E-state index in [1.54, 1.807) is 19.4 Å². The normalized spacial score (nSPS) is 26.5. The SMILES string of the molecule is CO[C@H]1CCN(C(=O)c2ccncn2)[C@@H]2CN(CC3CC3)C[C@H]12.O=C(O)C(F)(F)F. The zero-order valence-corrected chi connectivity index (χ0v) is 16.6. The van der Waals surface area contributed by atoms with Gasteiger partial charge >= 0.3 is 12.1 Å². The molecule has 30 heavy (non-hydrogen) atoms. The highest BCUT2D eigenvalue weighted by Gasteiger charge is 2.47. The Labute approximate surface area is 172 Å². The van der Waals surface area contributed by atoms with Crippen molar-refractivity contribution in [3.05, 3.63) is 24.3 Å². The van der Waals surface area contributed by atoms with Gasteiger partial charge in [-0.25, -0.2) is 14.8 Å². The summed E-state index contributed by atoms with van der Waals surface area (Å²) in [5, 5.41) is 7.12. The maximum atomic E-state index is 12.9. The number of ether oxygens (including phenoxy) is 1. The first-order valence-electron chi connectivity index (χ1n) is 9.83. The van der Waals surface area contributed by atoms with E-state index in [0.717, 1.165) is 32.0 Å². The first-order chi connectivity index (χ1) is 14.2. The maximum Gasteiger partial charge on any atom is 0.490 e. The van der Waals surface area contributed by atoms with Crippen molar-refractivity contribution in [3.8, 4) is 0 Å². The van der Waals surface area contributed by atoms with E-state index in [4.69, 9.17) is 14.6 Å². The van der Waals surface area contributed by atoms with E-state index in [0.29, 0.717) is 11.6 Å². The van der Waals surface area contributed by atoms with Crippen LogP contribution in [0.4, 0.5) is 13.2 Å². The number of aliphatic carboxylic acids is 1. The van der Waals surface area contributed by atoms with Crippen LogP contribution in [0.1, 0.15) is 29.8 Å². The molecule has 0 spiro atoms. The number of aromatic nitrogens is 2. The van der Waals surface area contributed by atoms with Crippen molar-refractivity contribution in [2.45, 2.75) is 37.6 Å². The number of nitrogens with zero attached hydrogens (tertiary/aromatic N) is 4. The maximum absolute atomic E-state index is 12.9. The quantitative estimate of drug-likeness (QED) is 0.777. The van der Waals surface area contributed by atoms with Gasteiger partial charge in [-0.05, 0) is 31.2 Å². The number of carbonyl (C=O) groups is 2. The summed E-state index contributed by atoms with van der Waals surface area (Å²) < 4.78 is 37.5. The topological polar surface area (TPSA) is 95.9 Å². The number of carboxylic acid groups (broad SMARTS) is 1. The number of amides is 1. The van der Waals surface area contributed by atoms with Crippen molar-refractivity contribution in [2.75, 3.05) is 33.3 Å². The van der Waals surface area contributed by atoms with Crippen LogP contribution in [0.2, 0.25) is 0 Å². The Bertz CT molecular complexity index is 745. The van der Waals surface area contributed by atoms with Gasteiger partial charge in [0.2, 0.25) is 0 Å². The molecule has 3 heterocycles. The lowest BCUT2D eigenvalue weighted by atomic mass is 9.88. The molecule has 1 N–H and O–H groups in total. The first kappa shape index (κ1) is 22.4. The van der Waals surface area contributed by atoms with E-state index >= 15 is 0 Å². The Balaban J connectivity index is 0.000000318. The second kappa shape index (κ2) is 9.25. The molecule has 1 aromatic heterocycles. The lowest BCUT2D eigenvalue weighted by Gasteiger charge is -2.40. The highest BCUT2D eigenvalue weighted by Crippen LogP contribution is 2.36. The predicted octanol–water partition coefficient (Wildman–Crippen LogP) is 1.68. The smallest absolute Gasteiger partial charge is 0.475 e. The zero-order chi connectivity index (χ0) is 21.9. The molecule has 4 rings (SSSR count). The fraction of sp³-hybridized carbons (Fsp3) is 0.684. The Hall–Kier alpha value is -2.27. The number of alkyl halides is 3. The van der Waals surface area contributed by atoms with Gasteiger partial charge in [-0.2, -0.15) is 13.2 Å². The van der Waals surface area contributed by atoms with Crippen LogP contribution in [-0.4, -0.2) is 88.4 Å². The molecule has 8 nitrogen and oxygen atoms in total. The van der Waals surface area contributed by atoms with Crippen molar-refractivity contribution >= 4 is 11.9 Å². The minimum atomic E-state index is -5.08. The molecule has 1 amide bonds. The fourth-order valence-electron chi connectivity index (χ4n) is 4.16. The Morgan fingerprint density at radius 1 is 1.27 bits per heavy atom. The van der Waals surface area contributed by atoms with Crippen LogP contribution in [0.15, 0.2) is 18.6 Å². The summed E-state index contributed by atoms with van der Waals surface area (Å²) in [6.45, 7) is 3.95. The van der Waals surface area contributed by atoms with Gasteiger partial charge in [-0.3, -0.25) is 4.79 Å². The molecule has 1 aromatic rings. The lowest BCUT2D eigenvalue weighted by molar-refractivity contribution is -0.192. The Kier molecular flexibility index (Phi) is 6.91. The fourth-order valence-corrected chi connectivity index (χ4v) is 4.16. The number of halogens is 3. The Morgan fingerprint density at radius 3 is 2.50 bits per heavy atom. The number of hydrogen-bond acceptors (Lipinski definition) is 6. The third-order valence-corrected chi connectivity index (χ3v) is 5.76. The minimum absolute atomic E-state index is 0.0326. The largest absolute Gasteiger partial charge is 0.490 e. The lowest BCUT2D eigenvalue weighted by Crippen LogP contribution is -2.53. The highest BCUT2D eigenvalue weighted by atomic mass is 19.4. The summed E-state index contributed by atoms with van der Waals surface area (Å²) in [5.41, 5.74) is 0.496. The Morgan fingerprint density at radius 2 is 1.97 bits per heavy atom. The van der Waals surface area contributed by atoms with Gasteiger partial charge in [0, 0.05) is 45.4 Å². The summed E-state index contributed by atoms with van der Waals surface area (Å²) in [4.78, 5) is 34.4. The average molecular weight is 430 g/mol. The van der Waals surface area contributed by atoms with E-state index in [1.807, 2.05) is 4.90 Å². The first-order valence-corrected chi connectivity index (χ1v) is 9.83. The molecular formula is C19H25F3N4O4. The van der Waals surface area contributed by atoms with Crippen molar-refractivity contribution in [1.82, 2.24) is 19.8 Å². The third-order valence-electron chi connectivity index (χ3n) is 5.76. The van der Waals surface area contributed by atoms with E-state index < -0.39 is 12.1 Å². The number of rotatable bonds is 4.